The first-order valence-electron chi connectivity index (χ1n) is 5.42. The molecule has 2 nitrogen and oxygen atoms in total. The minimum absolute atomic E-state index is 0.150. The lowest BCUT2D eigenvalue weighted by atomic mass is 10.2. The molecule has 0 fully saturated rings. The Morgan fingerprint density at radius 3 is 2.27 bits per heavy atom. The summed E-state index contributed by atoms with van der Waals surface area (Å²) in [6, 6.07) is 0.150. The van der Waals surface area contributed by atoms with Gasteiger partial charge in [0.15, 0.2) is 0 Å². The third kappa shape index (κ3) is 7.62. The zero-order chi connectivity index (χ0) is 11.9. The SMILES string of the molecule is CCCN(CC)C(C)CNCC(F)(F)F. The van der Waals surface area contributed by atoms with Crippen LogP contribution in [0.25, 0.3) is 0 Å². The first-order chi connectivity index (χ1) is 6.90. The second-order valence-corrected chi connectivity index (χ2v) is 3.72. The number of nitrogens with zero attached hydrogens (tertiary/aromatic N) is 1. The number of hydrogen-bond acceptors (Lipinski definition) is 2. The molecule has 1 atom stereocenters. The number of alkyl halides is 3. The van der Waals surface area contributed by atoms with Gasteiger partial charge in [-0.05, 0) is 26.4 Å². The smallest absolute Gasteiger partial charge is 0.307 e. The Bertz CT molecular complexity index is 159. The van der Waals surface area contributed by atoms with Gasteiger partial charge in [0, 0.05) is 12.6 Å². The molecule has 0 aromatic carbocycles. The molecule has 0 rings (SSSR count). The van der Waals surface area contributed by atoms with Crippen molar-refractivity contribution in [2.75, 3.05) is 26.2 Å². The molecule has 0 bridgehead atoms. The third-order valence-electron chi connectivity index (χ3n) is 2.31. The van der Waals surface area contributed by atoms with E-state index in [1.807, 2.05) is 13.8 Å². The molecule has 0 saturated carbocycles. The molecule has 0 heterocycles. The Morgan fingerprint density at radius 1 is 1.27 bits per heavy atom. The van der Waals surface area contributed by atoms with Crippen molar-refractivity contribution in [2.45, 2.75) is 39.4 Å². The lowest BCUT2D eigenvalue weighted by molar-refractivity contribution is -0.125. The molecule has 0 amide bonds. The van der Waals surface area contributed by atoms with E-state index in [1.54, 1.807) is 0 Å². The Hall–Kier alpha value is -0.290. The van der Waals surface area contributed by atoms with E-state index in [9.17, 15) is 13.2 Å². The van der Waals surface area contributed by atoms with E-state index in [4.69, 9.17) is 0 Å². The van der Waals surface area contributed by atoms with Gasteiger partial charge in [-0.15, -0.1) is 0 Å². The lowest BCUT2D eigenvalue weighted by Gasteiger charge is -2.27. The van der Waals surface area contributed by atoms with Crippen molar-refractivity contribution in [3.63, 3.8) is 0 Å². The van der Waals surface area contributed by atoms with Crippen LogP contribution >= 0.6 is 0 Å². The average molecular weight is 226 g/mol. The normalized spacial score (nSPS) is 14.6. The van der Waals surface area contributed by atoms with Gasteiger partial charge in [-0.3, -0.25) is 4.90 Å². The molecule has 0 spiro atoms. The van der Waals surface area contributed by atoms with Gasteiger partial charge in [-0.1, -0.05) is 13.8 Å². The van der Waals surface area contributed by atoms with Crippen LogP contribution in [0, 0.1) is 0 Å². The molecule has 92 valence electrons. The molecule has 15 heavy (non-hydrogen) atoms. The van der Waals surface area contributed by atoms with E-state index < -0.39 is 12.7 Å². The summed E-state index contributed by atoms with van der Waals surface area (Å²) < 4.78 is 35.6. The summed E-state index contributed by atoms with van der Waals surface area (Å²) in [5.74, 6) is 0. The molecule has 0 saturated heterocycles. The second-order valence-electron chi connectivity index (χ2n) is 3.72. The third-order valence-corrected chi connectivity index (χ3v) is 2.31. The number of hydrogen-bond donors (Lipinski definition) is 1. The average Bonchev–Trinajstić information content (AvgIpc) is 2.11. The van der Waals surface area contributed by atoms with E-state index in [-0.39, 0.29) is 6.04 Å². The second kappa shape index (κ2) is 7.06. The van der Waals surface area contributed by atoms with Crippen LogP contribution in [-0.4, -0.2) is 43.3 Å². The predicted molar refractivity (Wildman–Crippen MR) is 55.9 cm³/mol. The molecule has 0 aliphatic heterocycles. The van der Waals surface area contributed by atoms with Gasteiger partial charge in [0.25, 0.3) is 0 Å². The van der Waals surface area contributed by atoms with Crippen molar-refractivity contribution in [3.05, 3.63) is 0 Å². The minimum Gasteiger partial charge on any atom is -0.307 e. The number of likely N-dealkylation sites (N-methyl/N-ethyl adjacent to an activating group) is 1. The maximum Gasteiger partial charge on any atom is 0.401 e. The Labute approximate surface area is 89.8 Å². The molecular weight excluding hydrogens is 205 g/mol. The summed E-state index contributed by atoms with van der Waals surface area (Å²) >= 11 is 0. The van der Waals surface area contributed by atoms with Crippen molar-refractivity contribution in [1.82, 2.24) is 10.2 Å². The highest BCUT2D eigenvalue weighted by atomic mass is 19.4. The maximum atomic E-state index is 11.9. The minimum atomic E-state index is -4.11. The largest absolute Gasteiger partial charge is 0.401 e. The quantitative estimate of drug-likeness (QED) is 0.716. The number of nitrogens with one attached hydrogen (secondary N) is 1. The summed E-state index contributed by atoms with van der Waals surface area (Å²) in [5.41, 5.74) is 0. The van der Waals surface area contributed by atoms with Crippen molar-refractivity contribution in [1.29, 1.82) is 0 Å². The van der Waals surface area contributed by atoms with Crippen molar-refractivity contribution in [3.8, 4) is 0 Å². The predicted octanol–water partition coefficient (Wildman–Crippen LogP) is 2.26. The molecule has 0 aliphatic carbocycles. The van der Waals surface area contributed by atoms with Crippen LogP contribution in [0.4, 0.5) is 13.2 Å². The molecule has 0 aromatic rings. The van der Waals surface area contributed by atoms with Crippen LogP contribution < -0.4 is 5.32 Å². The van der Waals surface area contributed by atoms with Crippen molar-refractivity contribution < 1.29 is 13.2 Å². The summed E-state index contributed by atoms with van der Waals surface area (Å²) in [4.78, 5) is 2.17. The van der Waals surface area contributed by atoms with E-state index in [1.165, 1.54) is 0 Å². The van der Waals surface area contributed by atoms with Crippen LogP contribution in [0.2, 0.25) is 0 Å². The van der Waals surface area contributed by atoms with Crippen molar-refractivity contribution in [2.24, 2.45) is 0 Å². The molecule has 1 unspecified atom stereocenters. The fourth-order valence-electron chi connectivity index (χ4n) is 1.53. The summed E-state index contributed by atoms with van der Waals surface area (Å²) in [6.45, 7) is 7.33. The first-order valence-corrected chi connectivity index (χ1v) is 5.42. The molecule has 1 N–H and O–H groups in total. The zero-order valence-electron chi connectivity index (χ0n) is 9.69. The van der Waals surface area contributed by atoms with E-state index in [0.717, 1.165) is 19.5 Å². The van der Waals surface area contributed by atoms with Crippen LogP contribution in [0.15, 0.2) is 0 Å². The number of rotatable bonds is 7. The zero-order valence-corrected chi connectivity index (χ0v) is 9.69. The highest BCUT2D eigenvalue weighted by Gasteiger charge is 2.26. The van der Waals surface area contributed by atoms with Gasteiger partial charge in [0.05, 0.1) is 6.54 Å². The van der Waals surface area contributed by atoms with Gasteiger partial charge < -0.3 is 5.32 Å². The Balaban J connectivity index is 3.75. The molecule has 0 aromatic heterocycles. The summed E-state index contributed by atoms with van der Waals surface area (Å²) in [6.07, 6.45) is -3.08. The molecule has 5 heteroatoms. The van der Waals surface area contributed by atoms with Gasteiger partial charge in [-0.2, -0.15) is 13.2 Å². The van der Waals surface area contributed by atoms with E-state index >= 15 is 0 Å². The standard InChI is InChI=1S/C10H21F3N2/c1-4-6-15(5-2)9(3)7-14-8-10(11,12)13/h9,14H,4-8H2,1-3H3. The fraction of sp³-hybridized carbons (Fsp3) is 1.00. The van der Waals surface area contributed by atoms with Gasteiger partial charge in [0.1, 0.15) is 0 Å². The van der Waals surface area contributed by atoms with Gasteiger partial charge in [-0.25, -0.2) is 0 Å². The summed E-state index contributed by atoms with van der Waals surface area (Å²) in [7, 11) is 0. The molecular formula is C10H21F3N2. The van der Waals surface area contributed by atoms with Crippen LogP contribution in [0.3, 0.4) is 0 Å². The monoisotopic (exact) mass is 226 g/mol. The summed E-state index contributed by atoms with van der Waals surface area (Å²) in [5, 5.41) is 2.43. The molecule has 0 aliphatic rings. The molecule has 0 radical (unpaired) electrons. The highest BCUT2D eigenvalue weighted by molar-refractivity contribution is 4.69. The first kappa shape index (κ1) is 14.7. The van der Waals surface area contributed by atoms with E-state index in [2.05, 4.69) is 17.1 Å². The van der Waals surface area contributed by atoms with Crippen LogP contribution in [0.5, 0.6) is 0 Å². The van der Waals surface area contributed by atoms with Crippen LogP contribution in [-0.2, 0) is 0 Å². The van der Waals surface area contributed by atoms with Crippen molar-refractivity contribution >= 4 is 0 Å². The lowest BCUT2D eigenvalue weighted by Crippen LogP contribution is -2.43. The topological polar surface area (TPSA) is 15.3 Å². The highest BCUT2D eigenvalue weighted by Crippen LogP contribution is 2.12. The van der Waals surface area contributed by atoms with E-state index in [0.29, 0.717) is 6.54 Å². The number of halogens is 3. The van der Waals surface area contributed by atoms with Gasteiger partial charge >= 0.3 is 6.18 Å². The fourth-order valence-corrected chi connectivity index (χ4v) is 1.53. The van der Waals surface area contributed by atoms with Crippen LogP contribution in [0.1, 0.15) is 27.2 Å². The Kier molecular flexibility index (Phi) is 6.92. The van der Waals surface area contributed by atoms with Gasteiger partial charge in [0.2, 0.25) is 0 Å². The Morgan fingerprint density at radius 2 is 1.87 bits per heavy atom. The maximum absolute atomic E-state index is 11.9.